The Morgan fingerprint density at radius 3 is 1.46 bits per heavy atom. The highest BCUT2D eigenvalue weighted by Crippen LogP contribution is 2.24. The fraction of sp³-hybridized carbons (Fsp3) is 0.381. The van der Waals surface area contributed by atoms with Gasteiger partial charge in [0.25, 0.3) is 0 Å². The topological polar surface area (TPSA) is 41.1 Å². The number of benzene rings is 2. The molecule has 0 saturated heterocycles. The number of amides is 2. The van der Waals surface area contributed by atoms with Gasteiger partial charge in [-0.2, -0.15) is 0 Å². The number of urea groups is 1. The molecule has 2 aromatic carbocycles. The number of carbonyl (C=O) groups is 1. The first-order valence-corrected chi connectivity index (χ1v) is 8.93. The van der Waals surface area contributed by atoms with E-state index in [1.54, 1.807) is 0 Å². The average Bonchev–Trinajstić information content (AvgIpc) is 2.60. The van der Waals surface area contributed by atoms with Gasteiger partial charge in [0.1, 0.15) is 0 Å². The minimum Gasteiger partial charge on any atom is -0.307 e. The van der Waals surface area contributed by atoms with Gasteiger partial charge in [0.05, 0.1) is 0 Å². The van der Waals surface area contributed by atoms with Crippen molar-refractivity contribution in [2.75, 3.05) is 10.6 Å². The van der Waals surface area contributed by atoms with Gasteiger partial charge in [0.2, 0.25) is 0 Å². The Bertz CT molecular complexity index is 647. The van der Waals surface area contributed by atoms with Gasteiger partial charge in [-0.25, -0.2) is 4.79 Å². The Balaban J connectivity index is 2.21. The van der Waals surface area contributed by atoms with Gasteiger partial charge in [-0.3, -0.25) is 0 Å². The molecular weight excluding hydrogens is 296 g/mol. The van der Waals surface area contributed by atoms with Crippen molar-refractivity contribution >= 4 is 17.4 Å². The summed E-state index contributed by atoms with van der Waals surface area (Å²) < 4.78 is 0. The first kappa shape index (κ1) is 18.1. The lowest BCUT2D eigenvalue weighted by atomic mass is 10.0. The molecule has 2 amide bonds. The summed E-state index contributed by atoms with van der Waals surface area (Å²) in [6, 6.07) is 12.0. The van der Waals surface area contributed by atoms with Crippen LogP contribution in [0.25, 0.3) is 0 Å². The molecule has 0 atom stereocenters. The highest BCUT2D eigenvalue weighted by molar-refractivity contribution is 6.00. The lowest BCUT2D eigenvalue weighted by molar-refractivity contribution is 0.262. The van der Waals surface area contributed by atoms with Crippen molar-refractivity contribution in [2.24, 2.45) is 0 Å². The minimum absolute atomic E-state index is 0.180. The van der Waals surface area contributed by atoms with Crippen LogP contribution in [0.5, 0.6) is 0 Å². The van der Waals surface area contributed by atoms with Gasteiger partial charge in [0.15, 0.2) is 0 Å². The first-order chi connectivity index (χ1) is 11.6. The quantitative estimate of drug-likeness (QED) is 0.715. The molecule has 3 nitrogen and oxygen atoms in total. The summed E-state index contributed by atoms with van der Waals surface area (Å²) in [5.41, 5.74) is 6.81. The van der Waals surface area contributed by atoms with Crippen LogP contribution < -0.4 is 10.6 Å². The van der Waals surface area contributed by atoms with Crippen LogP contribution in [-0.4, -0.2) is 6.03 Å². The van der Waals surface area contributed by atoms with E-state index in [9.17, 15) is 4.79 Å². The molecule has 0 radical (unpaired) electrons. The van der Waals surface area contributed by atoms with E-state index in [1.807, 2.05) is 24.3 Å². The fourth-order valence-electron chi connectivity index (χ4n) is 3.28. The molecule has 0 fully saturated rings. The predicted octanol–water partition coefficient (Wildman–Crippen LogP) is 5.58. The summed E-state index contributed by atoms with van der Waals surface area (Å²) in [7, 11) is 0. The smallest absolute Gasteiger partial charge is 0.307 e. The van der Waals surface area contributed by atoms with Crippen LogP contribution in [0.1, 0.15) is 49.9 Å². The summed E-state index contributed by atoms with van der Waals surface area (Å²) >= 11 is 0. The zero-order chi connectivity index (χ0) is 17.5. The number of hydrogen-bond acceptors (Lipinski definition) is 1. The fourth-order valence-corrected chi connectivity index (χ4v) is 3.28. The first-order valence-electron chi connectivity index (χ1n) is 8.93. The second kappa shape index (κ2) is 8.53. The van der Waals surface area contributed by atoms with Crippen molar-refractivity contribution in [2.45, 2.75) is 53.4 Å². The van der Waals surface area contributed by atoms with Gasteiger partial charge >= 0.3 is 6.03 Å². The molecule has 0 heterocycles. The second-order valence-electron chi connectivity index (χ2n) is 5.88. The average molecular weight is 324 g/mol. The molecule has 3 heteroatoms. The van der Waals surface area contributed by atoms with Crippen LogP contribution in [0.2, 0.25) is 0 Å². The Hall–Kier alpha value is -2.29. The van der Waals surface area contributed by atoms with Crippen LogP contribution in [0.15, 0.2) is 36.4 Å². The Morgan fingerprint density at radius 2 is 1.12 bits per heavy atom. The van der Waals surface area contributed by atoms with E-state index >= 15 is 0 Å². The highest BCUT2D eigenvalue weighted by atomic mass is 16.2. The summed E-state index contributed by atoms with van der Waals surface area (Å²) in [5, 5.41) is 6.05. The Morgan fingerprint density at radius 1 is 0.708 bits per heavy atom. The lowest BCUT2D eigenvalue weighted by Gasteiger charge is -2.16. The van der Waals surface area contributed by atoms with Crippen molar-refractivity contribution in [1.29, 1.82) is 0 Å². The molecule has 2 aromatic rings. The second-order valence-corrected chi connectivity index (χ2v) is 5.88. The SMILES string of the molecule is CCc1cccc(NC(=O)Nc2cccc(CC)c2CC)c1CC. The molecule has 0 bridgehead atoms. The van der Waals surface area contributed by atoms with Crippen LogP contribution in [0.4, 0.5) is 16.2 Å². The number of carbonyl (C=O) groups excluding carboxylic acids is 1. The maximum absolute atomic E-state index is 12.5. The summed E-state index contributed by atoms with van der Waals surface area (Å²) in [6.45, 7) is 8.53. The molecule has 24 heavy (non-hydrogen) atoms. The van der Waals surface area contributed by atoms with Gasteiger partial charge in [-0.05, 0) is 60.1 Å². The highest BCUT2D eigenvalue weighted by Gasteiger charge is 2.11. The molecule has 0 aliphatic heterocycles. The lowest BCUT2D eigenvalue weighted by Crippen LogP contribution is -2.21. The van der Waals surface area contributed by atoms with E-state index in [2.05, 4.69) is 50.5 Å². The van der Waals surface area contributed by atoms with E-state index in [1.165, 1.54) is 22.3 Å². The molecule has 2 N–H and O–H groups in total. The maximum Gasteiger partial charge on any atom is 0.323 e. The third-order valence-corrected chi connectivity index (χ3v) is 4.51. The van der Waals surface area contributed by atoms with Crippen molar-refractivity contribution in [1.82, 2.24) is 0 Å². The number of aryl methyl sites for hydroxylation is 2. The molecule has 0 spiro atoms. The normalized spacial score (nSPS) is 10.5. The third kappa shape index (κ3) is 3.97. The van der Waals surface area contributed by atoms with Crippen molar-refractivity contribution in [3.05, 3.63) is 58.7 Å². The molecule has 0 aliphatic carbocycles. The van der Waals surface area contributed by atoms with E-state index in [-0.39, 0.29) is 6.03 Å². The van der Waals surface area contributed by atoms with E-state index in [0.717, 1.165) is 37.1 Å². The number of rotatable bonds is 6. The maximum atomic E-state index is 12.5. The number of hydrogen-bond donors (Lipinski definition) is 2. The molecule has 0 saturated carbocycles. The van der Waals surface area contributed by atoms with E-state index in [0.29, 0.717) is 0 Å². The number of anilines is 2. The molecule has 0 unspecified atom stereocenters. The number of nitrogens with one attached hydrogen (secondary N) is 2. The summed E-state index contributed by atoms with van der Waals surface area (Å²) in [5.74, 6) is 0. The molecule has 2 rings (SSSR count). The zero-order valence-corrected chi connectivity index (χ0v) is 15.2. The van der Waals surface area contributed by atoms with Crippen LogP contribution in [-0.2, 0) is 25.7 Å². The van der Waals surface area contributed by atoms with E-state index < -0.39 is 0 Å². The van der Waals surface area contributed by atoms with Crippen LogP contribution >= 0.6 is 0 Å². The Labute approximate surface area is 145 Å². The van der Waals surface area contributed by atoms with Gasteiger partial charge in [-0.15, -0.1) is 0 Å². The van der Waals surface area contributed by atoms with Crippen molar-refractivity contribution in [3.8, 4) is 0 Å². The molecular formula is C21H28N2O. The van der Waals surface area contributed by atoms with E-state index in [4.69, 9.17) is 0 Å². The monoisotopic (exact) mass is 324 g/mol. The van der Waals surface area contributed by atoms with Crippen LogP contribution in [0.3, 0.4) is 0 Å². The molecule has 0 aromatic heterocycles. The van der Waals surface area contributed by atoms with Gasteiger partial charge in [-0.1, -0.05) is 52.0 Å². The van der Waals surface area contributed by atoms with Crippen LogP contribution in [0, 0.1) is 0 Å². The summed E-state index contributed by atoms with van der Waals surface area (Å²) in [4.78, 5) is 12.5. The van der Waals surface area contributed by atoms with Crippen molar-refractivity contribution < 1.29 is 4.79 Å². The molecule has 0 aliphatic rings. The van der Waals surface area contributed by atoms with Gasteiger partial charge < -0.3 is 10.6 Å². The molecule has 128 valence electrons. The predicted molar refractivity (Wildman–Crippen MR) is 103 cm³/mol. The minimum atomic E-state index is -0.180. The zero-order valence-electron chi connectivity index (χ0n) is 15.2. The standard InChI is InChI=1S/C21H28N2O/c1-5-15-11-9-13-19(17(15)7-3)22-21(24)23-20-14-10-12-16(6-2)18(20)8-4/h9-14H,5-8H2,1-4H3,(H2,22,23,24). The summed E-state index contributed by atoms with van der Waals surface area (Å²) in [6.07, 6.45) is 3.76. The Kier molecular flexibility index (Phi) is 6.42. The van der Waals surface area contributed by atoms with Crippen molar-refractivity contribution in [3.63, 3.8) is 0 Å². The third-order valence-electron chi connectivity index (χ3n) is 4.51. The largest absolute Gasteiger partial charge is 0.323 e. The van der Waals surface area contributed by atoms with Gasteiger partial charge in [0, 0.05) is 11.4 Å².